The second-order valence-corrected chi connectivity index (χ2v) is 7.74. The van der Waals surface area contributed by atoms with E-state index >= 15 is 0 Å². The van der Waals surface area contributed by atoms with Gasteiger partial charge in [-0.2, -0.15) is 0 Å². The minimum Gasteiger partial charge on any atom is -0.347 e. The summed E-state index contributed by atoms with van der Waals surface area (Å²) in [5.41, 5.74) is 5.27. The molecule has 2 saturated heterocycles. The zero-order valence-electron chi connectivity index (χ0n) is 14.0. The molecule has 1 aliphatic carbocycles. The molecule has 0 aromatic heterocycles. The van der Waals surface area contributed by atoms with Crippen LogP contribution in [0.1, 0.15) is 31.7 Å². The number of para-hydroxylation sites is 1. The highest BCUT2D eigenvalue weighted by Crippen LogP contribution is 2.62. The highest BCUT2D eigenvalue weighted by Gasteiger charge is 2.62. The summed E-state index contributed by atoms with van der Waals surface area (Å²) in [6.45, 7) is 4.62. The normalized spacial score (nSPS) is 37.8. The molecule has 2 bridgehead atoms. The van der Waals surface area contributed by atoms with E-state index in [1.807, 2.05) is 0 Å². The van der Waals surface area contributed by atoms with Crippen molar-refractivity contribution in [3.8, 4) is 0 Å². The summed E-state index contributed by atoms with van der Waals surface area (Å²) in [5.74, 6) is 1.09. The third kappa shape index (κ3) is 1.43. The first-order chi connectivity index (χ1) is 11.2. The van der Waals surface area contributed by atoms with Gasteiger partial charge in [0.15, 0.2) is 0 Å². The molecule has 120 valence electrons. The molecular weight excluding hydrogens is 284 g/mol. The highest BCUT2D eigenvalue weighted by atomic mass is 16.1. The van der Waals surface area contributed by atoms with E-state index in [1.165, 1.54) is 42.7 Å². The van der Waals surface area contributed by atoms with Crippen LogP contribution in [0, 0.1) is 11.8 Å². The van der Waals surface area contributed by atoms with Gasteiger partial charge in [0.2, 0.25) is 0 Å². The lowest BCUT2D eigenvalue weighted by Gasteiger charge is -2.51. The van der Waals surface area contributed by atoms with Crippen molar-refractivity contribution in [1.82, 2.24) is 4.90 Å². The number of anilines is 1. The van der Waals surface area contributed by atoms with Crippen molar-refractivity contribution < 1.29 is 4.79 Å². The smallest absolute Gasteiger partial charge is 0.148 e. The van der Waals surface area contributed by atoms with Crippen LogP contribution in [0.4, 0.5) is 5.69 Å². The lowest BCUT2D eigenvalue weighted by molar-refractivity contribution is -0.106. The maximum Gasteiger partial charge on any atom is 0.148 e. The van der Waals surface area contributed by atoms with Crippen molar-refractivity contribution in [2.24, 2.45) is 11.8 Å². The van der Waals surface area contributed by atoms with Crippen molar-refractivity contribution in [3.63, 3.8) is 0 Å². The van der Waals surface area contributed by atoms with Gasteiger partial charge in [0.05, 0.1) is 5.41 Å². The van der Waals surface area contributed by atoms with Gasteiger partial charge in [-0.3, -0.25) is 9.69 Å². The van der Waals surface area contributed by atoms with Gasteiger partial charge in [0.25, 0.3) is 0 Å². The van der Waals surface area contributed by atoms with E-state index < -0.39 is 0 Å². The van der Waals surface area contributed by atoms with Crippen molar-refractivity contribution in [2.45, 2.75) is 37.6 Å². The van der Waals surface area contributed by atoms with E-state index in [9.17, 15) is 4.79 Å². The van der Waals surface area contributed by atoms with Crippen LogP contribution in [-0.2, 0) is 10.2 Å². The molecule has 0 unspecified atom stereocenters. The Morgan fingerprint density at radius 1 is 1.35 bits per heavy atom. The van der Waals surface area contributed by atoms with Crippen LogP contribution in [0.3, 0.4) is 0 Å². The van der Waals surface area contributed by atoms with Crippen LogP contribution < -0.4 is 4.90 Å². The van der Waals surface area contributed by atoms with Crippen LogP contribution in [0.2, 0.25) is 0 Å². The molecule has 3 nitrogen and oxygen atoms in total. The molecule has 4 atom stereocenters. The average molecular weight is 308 g/mol. The number of carbonyl (C=O) groups is 1. The van der Waals surface area contributed by atoms with Crippen LogP contribution in [0.25, 0.3) is 0 Å². The van der Waals surface area contributed by atoms with Gasteiger partial charge in [0, 0.05) is 36.6 Å². The first-order valence-electron chi connectivity index (χ1n) is 8.99. The largest absolute Gasteiger partial charge is 0.347 e. The Bertz CT molecular complexity index is 724. The maximum absolute atomic E-state index is 12.1. The zero-order valence-corrected chi connectivity index (χ0v) is 14.0. The Morgan fingerprint density at radius 2 is 2.17 bits per heavy atom. The van der Waals surface area contributed by atoms with Gasteiger partial charge in [0.1, 0.15) is 6.29 Å². The lowest BCUT2D eigenvalue weighted by atomic mass is 9.60. The van der Waals surface area contributed by atoms with E-state index in [0.29, 0.717) is 17.9 Å². The maximum atomic E-state index is 12.1. The topological polar surface area (TPSA) is 23.6 Å². The number of piperidine rings is 1. The van der Waals surface area contributed by atoms with E-state index in [1.54, 1.807) is 0 Å². The minimum atomic E-state index is 0.0663. The summed E-state index contributed by atoms with van der Waals surface area (Å²) in [6, 6.07) is 9.40. The summed E-state index contributed by atoms with van der Waals surface area (Å²) in [4.78, 5) is 17.2. The standard InChI is InChI=1S/C20H24N2O/c1-3-13-11-22-9-8-20-16-6-4-5-7-17(16)21(2)19(20)15(12-23)14(13)10-18(20)22/h4-7,12-14,18H,3,8-11H2,1-2H3/t13-,14+,18+,20-/m0/s1. The number of rotatable bonds is 2. The van der Waals surface area contributed by atoms with Gasteiger partial charge in [-0.25, -0.2) is 0 Å². The fourth-order valence-electron chi connectivity index (χ4n) is 6.23. The Labute approximate surface area is 138 Å². The number of hydrogen-bond donors (Lipinski definition) is 0. The molecule has 3 aliphatic heterocycles. The van der Waals surface area contributed by atoms with Crippen LogP contribution in [-0.4, -0.2) is 37.4 Å². The number of fused-ring (bicyclic) bond motifs is 2. The van der Waals surface area contributed by atoms with Gasteiger partial charge < -0.3 is 4.90 Å². The van der Waals surface area contributed by atoms with Crippen molar-refractivity contribution in [2.75, 3.05) is 25.0 Å². The lowest BCUT2D eigenvalue weighted by Crippen LogP contribution is -2.55. The molecule has 1 aromatic carbocycles. The number of aldehydes is 1. The van der Waals surface area contributed by atoms with Gasteiger partial charge in [-0.15, -0.1) is 0 Å². The Hall–Kier alpha value is -1.61. The van der Waals surface area contributed by atoms with Crippen molar-refractivity contribution in [1.29, 1.82) is 0 Å². The Kier molecular flexibility index (Phi) is 2.68. The third-order valence-electron chi connectivity index (χ3n) is 7.15. The molecule has 0 radical (unpaired) electrons. The minimum absolute atomic E-state index is 0.0663. The molecule has 3 heterocycles. The number of nitrogens with zero attached hydrogens (tertiary/aromatic N) is 2. The van der Waals surface area contributed by atoms with Gasteiger partial charge in [-0.1, -0.05) is 31.5 Å². The summed E-state index contributed by atoms with van der Waals surface area (Å²) in [6.07, 6.45) is 4.69. The van der Waals surface area contributed by atoms with Crippen molar-refractivity contribution in [3.05, 3.63) is 41.1 Å². The summed E-state index contributed by atoms with van der Waals surface area (Å²) in [7, 11) is 2.16. The number of benzene rings is 1. The Balaban J connectivity index is 1.83. The fraction of sp³-hybridized carbons (Fsp3) is 0.550. The molecular formula is C20H24N2O. The van der Waals surface area contributed by atoms with E-state index in [2.05, 4.69) is 48.0 Å². The first-order valence-corrected chi connectivity index (χ1v) is 8.99. The fourth-order valence-corrected chi connectivity index (χ4v) is 6.23. The van der Waals surface area contributed by atoms with Crippen LogP contribution >= 0.6 is 0 Å². The molecule has 2 fully saturated rings. The first kappa shape index (κ1) is 13.8. The molecule has 0 saturated carbocycles. The molecule has 5 rings (SSSR count). The predicted molar refractivity (Wildman–Crippen MR) is 91.5 cm³/mol. The quantitative estimate of drug-likeness (QED) is 0.785. The highest BCUT2D eigenvalue weighted by molar-refractivity contribution is 5.84. The summed E-state index contributed by atoms with van der Waals surface area (Å²) >= 11 is 0. The molecule has 1 spiro atoms. The summed E-state index contributed by atoms with van der Waals surface area (Å²) in [5, 5.41) is 0. The SMILES string of the molecule is CC[C@H]1CN2CC[C@@]34C(=C(C=O)[C@@H]1C[C@@H]23)N(C)c1ccccc14. The van der Waals surface area contributed by atoms with Crippen molar-refractivity contribution >= 4 is 12.0 Å². The van der Waals surface area contributed by atoms with Crippen LogP contribution in [0.5, 0.6) is 0 Å². The van der Waals surface area contributed by atoms with Crippen LogP contribution in [0.15, 0.2) is 35.5 Å². The average Bonchev–Trinajstić information content (AvgIpc) is 3.10. The molecule has 1 aromatic rings. The number of allylic oxidation sites excluding steroid dienone is 1. The molecule has 0 amide bonds. The number of hydrogen-bond acceptors (Lipinski definition) is 3. The molecule has 3 heteroatoms. The molecule has 23 heavy (non-hydrogen) atoms. The molecule has 0 N–H and O–H groups in total. The summed E-state index contributed by atoms with van der Waals surface area (Å²) < 4.78 is 0. The van der Waals surface area contributed by atoms with E-state index in [0.717, 1.165) is 18.4 Å². The number of likely N-dealkylation sites (N-methyl/N-ethyl adjacent to an activating group) is 1. The third-order valence-corrected chi connectivity index (χ3v) is 7.15. The van der Waals surface area contributed by atoms with Gasteiger partial charge in [-0.05, 0) is 42.9 Å². The van der Waals surface area contributed by atoms with Gasteiger partial charge >= 0.3 is 0 Å². The number of carbonyl (C=O) groups excluding carboxylic acids is 1. The molecule has 4 aliphatic rings. The monoisotopic (exact) mass is 308 g/mol. The van der Waals surface area contributed by atoms with E-state index in [4.69, 9.17) is 0 Å². The zero-order chi connectivity index (χ0) is 15.8. The van der Waals surface area contributed by atoms with E-state index in [-0.39, 0.29) is 5.41 Å². The second-order valence-electron chi connectivity index (χ2n) is 7.74. The Morgan fingerprint density at radius 3 is 2.96 bits per heavy atom. The predicted octanol–water partition coefficient (Wildman–Crippen LogP) is 2.96. The second kappa shape index (κ2) is 4.47.